The van der Waals surface area contributed by atoms with E-state index in [9.17, 15) is 4.79 Å². The fourth-order valence-electron chi connectivity index (χ4n) is 1.20. The van der Waals surface area contributed by atoms with Crippen LogP contribution in [0.2, 0.25) is 0 Å². The lowest BCUT2D eigenvalue weighted by atomic mass is 10.1. The minimum atomic E-state index is -0.0550. The fraction of sp³-hybridized carbons (Fsp3) is 0.909. The van der Waals surface area contributed by atoms with Crippen LogP contribution >= 0.6 is 0 Å². The van der Waals surface area contributed by atoms with Gasteiger partial charge < -0.3 is 15.8 Å². The van der Waals surface area contributed by atoms with Crippen LogP contribution in [-0.4, -0.2) is 32.2 Å². The summed E-state index contributed by atoms with van der Waals surface area (Å²) in [7, 11) is 0. The molecule has 4 nitrogen and oxygen atoms in total. The molecule has 0 saturated carbocycles. The summed E-state index contributed by atoms with van der Waals surface area (Å²) in [6.07, 6.45) is 3.00. The second kappa shape index (κ2) is 9.93. The molecular formula is C11H24N2O2. The monoisotopic (exact) mass is 216 g/mol. The van der Waals surface area contributed by atoms with Crippen molar-refractivity contribution in [1.29, 1.82) is 0 Å². The van der Waals surface area contributed by atoms with Gasteiger partial charge in [-0.15, -0.1) is 0 Å². The summed E-state index contributed by atoms with van der Waals surface area (Å²) in [5.41, 5.74) is 5.46. The molecule has 0 rings (SSSR count). The molecule has 0 fully saturated rings. The van der Waals surface area contributed by atoms with Gasteiger partial charge in [0.15, 0.2) is 0 Å². The molecule has 0 aromatic heterocycles. The number of hydrogen-bond donors (Lipinski definition) is 2. The molecule has 15 heavy (non-hydrogen) atoms. The first-order valence-electron chi connectivity index (χ1n) is 5.81. The SMILES string of the molecule is CCCCOCCNC(=O)C(CC)CN. The summed E-state index contributed by atoms with van der Waals surface area (Å²) in [5.74, 6) is -0.0141. The Labute approximate surface area is 92.6 Å². The van der Waals surface area contributed by atoms with Crippen molar-refractivity contribution in [3.05, 3.63) is 0 Å². The van der Waals surface area contributed by atoms with E-state index < -0.39 is 0 Å². The average molecular weight is 216 g/mol. The van der Waals surface area contributed by atoms with Crippen LogP contribution in [0.25, 0.3) is 0 Å². The maximum atomic E-state index is 11.4. The fourth-order valence-corrected chi connectivity index (χ4v) is 1.20. The second-order valence-electron chi connectivity index (χ2n) is 3.60. The number of amides is 1. The van der Waals surface area contributed by atoms with Gasteiger partial charge in [-0.1, -0.05) is 20.3 Å². The van der Waals surface area contributed by atoms with Gasteiger partial charge >= 0.3 is 0 Å². The molecule has 0 bridgehead atoms. The number of carbonyl (C=O) groups is 1. The molecule has 3 N–H and O–H groups in total. The van der Waals surface area contributed by atoms with Crippen molar-refractivity contribution in [3.8, 4) is 0 Å². The lowest BCUT2D eigenvalue weighted by Crippen LogP contribution is -2.36. The van der Waals surface area contributed by atoms with Crippen molar-refractivity contribution < 1.29 is 9.53 Å². The highest BCUT2D eigenvalue weighted by molar-refractivity contribution is 5.78. The third-order valence-corrected chi connectivity index (χ3v) is 2.34. The number of ether oxygens (including phenoxy) is 1. The molecule has 1 amide bonds. The van der Waals surface area contributed by atoms with Gasteiger partial charge in [-0.25, -0.2) is 0 Å². The van der Waals surface area contributed by atoms with E-state index in [-0.39, 0.29) is 11.8 Å². The van der Waals surface area contributed by atoms with Gasteiger partial charge in [0.25, 0.3) is 0 Å². The summed E-state index contributed by atoms with van der Waals surface area (Å²) in [6.45, 7) is 6.46. The third-order valence-electron chi connectivity index (χ3n) is 2.34. The van der Waals surface area contributed by atoms with Crippen molar-refractivity contribution >= 4 is 5.91 Å². The van der Waals surface area contributed by atoms with Gasteiger partial charge in [0.2, 0.25) is 5.91 Å². The van der Waals surface area contributed by atoms with Gasteiger partial charge in [-0.3, -0.25) is 4.79 Å². The van der Waals surface area contributed by atoms with E-state index in [0.29, 0.717) is 19.7 Å². The number of rotatable bonds is 9. The molecule has 0 heterocycles. The Morgan fingerprint density at radius 2 is 2.13 bits per heavy atom. The van der Waals surface area contributed by atoms with Crippen molar-refractivity contribution in [2.45, 2.75) is 33.1 Å². The number of unbranched alkanes of at least 4 members (excludes halogenated alkanes) is 1. The molecule has 0 aliphatic rings. The van der Waals surface area contributed by atoms with Crippen molar-refractivity contribution in [1.82, 2.24) is 5.32 Å². The predicted molar refractivity (Wildman–Crippen MR) is 61.6 cm³/mol. The number of nitrogens with one attached hydrogen (secondary N) is 1. The molecule has 0 saturated heterocycles. The third kappa shape index (κ3) is 7.33. The highest BCUT2D eigenvalue weighted by Crippen LogP contribution is 1.98. The van der Waals surface area contributed by atoms with Crippen LogP contribution in [0.5, 0.6) is 0 Å². The molecule has 90 valence electrons. The van der Waals surface area contributed by atoms with Crippen molar-refractivity contribution in [3.63, 3.8) is 0 Å². The average Bonchev–Trinajstić information content (AvgIpc) is 2.25. The topological polar surface area (TPSA) is 64.3 Å². The number of nitrogens with two attached hydrogens (primary N) is 1. The molecule has 0 aliphatic carbocycles. The van der Waals surface area contributed by atoms with Gasteiger partial charge in [0.05, 0.1) is 6.61 Å². The smallest absolute Gasteiger partial charge is 0.224 e. The maximum Gasteiger partial charge on any atom is 0.224 e. The van der Waals surface area contributed by atoms with Gasteiger partial charge in [-0.2, -0.15) is 0 Å². The Balaban J connectivity index is 3.38. The molecule has 0 spiro atoms. The Bertz CT molecular complexity index is 159. The van der Waals surface area contributed by atoms with Crippen LogP contribution < -0.4 is 11.1 Å². The van der Waals surface area contributed by atoms with E-state index in [1.807, 2.05) is 6.92 Å². The Morgan fingerprint density at radius 1 is 1.40 bits per heavy atom. The van der Waals surface area contributed by atoms with E-state index in [1.165, 1.54) is 0 Å². The van der Waals surface area contributed by atoms with Gasteiger partial charge in [0, 0.05) is 25.6 Å². The molecular weight excluding hydrogens is 192 g/mol. The Kier molecular flexibility index (Phi) is 9.52. The summed E-state index contributed by atoms with van der Waals surface area (Å²) in [6, 6.07) is 0. The maximum absolute atomic E-state index is 11.4. The molecule has 1 atom stereocenters. The minimum absolute atomic E-state index is 0.0408. The van der Waals surface area contributed by atoms with Gasteiger partial charge in [-0.05, 0) is 12.8 Å². The molecule has 0 aromatic carbocycles. The minimum Gasteiger partial charge on any atom is -0.380 e. The van der Waals surface area contributed by atoms with Gasteiger partial charge in [0.1, 0.15) is 0 Å². The predicted octanol–water partition coefficient (Wildman–Crippen LogP) is 0.904. The van der Waals surface area contributed by atoms with Crippen molar-refractivity contribution in [2.24, 2.45) is 11.7 Å². The zero-order valence-electron chi connectivity index (χ0n) is 9.92. The van der Waals surface area contributed by atoms with Crippen molar-refractivity contribution in [2.75, 3.05) is 26.3 Å². The Hall–Kier alpha value is -0.610. The lowest BCUT2D eigenvalue weighted by Gasteiger charge is -2.12. The second-order valence-corrected chi connectivity index (χ2v) is 3.60. The van der Waals surface area contributed by atoms with E-state index in [0.717, 1.165) is 25.9 Å². The van der Waals surface area contributed by atoms with Crippen LogP contribution in [0.15, 0.2) is 0 Å². The first kappa shape index (κ1) is 14.4. The zero-order chi connectivity index (χ0) is 11.5. The Morgan fingerprint density at radius 3 is 2.67 bits per heavy atom. The largest absolute Gasteiger partial charge is 0.380 e. The van der Waals surface area contributed by atoms with E-state index in [4.69, 9.17) is 10.5 Å². The van der Waals surface area contributed by atoms with Crippen LogP contribution in [0.3, 0.4) is 0 Å². The van der Waals surface area contributed by atoms with Crippen LogP contribution in [0.1, 0.15) is 33.1 Å². The summed E-state index contributed by atoms with van der Waals surface area (Å²) in [4.78, 5) is 11.4. The summed E-state index contributed by atoms with van der Waals surface area (Å²) < 4.78 is 5.33. The van der Waals surface area contributed by atoms with E-state index >= 15 is 0 Å². The molecule has 4 heteroatoms. The number of carbonyl (C=O) groups excluding carboxylic acids is 1. The highest BCUT2D eigenvalue weighted by atomic mass is 16.5. The van der Waals surface area contributed by atoms with E-state index in [1.54, 1.807) is 0 Å². The zero-order valence-corrected chi connectivity index (χ0v) is 9.92. The van der Waals surface area contributed by atoms with Crippen LogP contribution in [-0.2, 0) is 9.53 Å². The quantitative estimate of drug-likeness (QED) is 0.563. The first-order valence-corrected chi connectivity index (χ1v) is 5.81. The van der Waals surface area contributed by atoms with Crippen LogP contribution in [0, 0.1) is 5.92 Å². The number of hydrogen-bond acceptors (Lipinski definition) is 3. The van der Waals surface area contributed by atoms with Crippen LogP contribution in [0.4, 0.5) is 0 Å². The molecule has 0 aromatic rings. The molecule has 0 radical (unpaired) electrons. The molecule has 0 aliphatic heterocycles. The molecule has 1 unspecified atom stereocenters. The lowest BCUT2D eigenvalue weighted by molar-refractivity contribution is -0.125. The summed E-state index contributed by atoms with van der Waals surface area (Å²) >= 11 is 0. The highest BCUT2D eigenvalue weighted by Gasteiger charge is 2.12. The first-order chi connectivity index (χ1) is 7.26. The normalized spacial score (nSPS) is 12.5. The standard InChI is InChI=1S/C11H24N2O2/c1-3-5-7-15-8-6-13-11(14)10(4-2)9-12/h10H,3-9,12H2,1-2H3,(H,13,14). The summed E-state index contributed by atoms with van der Waals surface area (Å²) in [5, 5.41) is 2.82. The van der Waals surface area contributed by atoms with E-state index in [2.05, 4.69) is 12.2 Å².